The number of carbonyl (C=O) groups excluding carboxylic acids is 1. The normalized spacial score (nSPS) is 59.8. The van der Waals surface area contributed by atoms with E-state index < -0.39 is 5.60 Å². The smallest absolute Gasteiger partial charge is 0.133 e. The predicted octanol–water partition coefficient (Wildman–Crippen LogP) is 2.84. The lowest BCUT2D eigenvalue weighted by Gasteiger charge is -2.63. The van der Waals surface area contributed by atoms with E-state index in [0.29, 0.717) is 30.6 Å². The molecular weight excluding hydrogens is 316 g/mol. The molecule has 2 bridgehead atoms. The van der Waals surface area contributed by atoms with Crippen molar-refractivity contribution >= 4 is 5.78 Å². The van der Waals surface area contributed by atoms with Gasteiger partial charge in [0.05, 0.1) is 23.9 Å². The van der Waals surface area contributed by atoms with Crippen molar-refractivity contribution in [3.8, 4) is 0 Å². The molecule has 4 nitrogen and oxygen atoms in total. The van der Waals surface area contributed by atoms with Crippen LogP contribution in [0.25, 0.3) is 0 Å². The first kappa shape index (κ1) is 16.7. The number of aliphatic hydroxyl groups excluding tert-OH is 1. The summed E-state index contributed by atoms with van der Waals surface area (Å²) in [6, 6.07) is 0. The molecule has 1 saturated heterocycles. The van der Waals surface area contributed by atoms with Gasteiger partial charge in [-0.2, -0.15) is 0 Å². The summed E-state index contributed by atoms with van der Waals surface area (Å²) in [7, 11) is 0. The van der Waals surface area contributed by atoms with Gasteiger partial charge in [-0.25, -0.2) is 0 Å². The summed E-state index contributed by atoms with van der Waals surface area (Å²) in [5.74, 6) is 1.38. The Bertz CT molecular complexity index is 619. The van der Waals surface area contributed by atoms with Gasteiger partial charge in [-0.1, -0.05) is 6.92 Å². The Balaban J connectivity index is 1.56. The average Bonchev–Trinajstić information content (AvgIpc) is 3.03. The fourth-order valence-electron chi connectivity index (χ4n) is 8.54. The molecule has 0 aromatic heterocycles. The van der Waals surface area contributed by atoms with Crippen LogP contribution in [-0.2, 0) is 9.53 Å². The second-order valence-corrected chi connectivity index (χ2v) is 10.2. The largest absolute Gasteiger partial charge is 0.393 e. The van der Waals surface area contributed by atoms with Gasteiger partial charge in [0.15, 0.2) is 0 Å². The minimum Gasteiger partial charge on any atom is -0.393 e. The number of ketones is 1. The van der Waals surface area contributed by atoms with Gasteiger partial charge < -0.3 is 14.9 Å². The molecule has 0 aromatic carbocycles. The molecule has 25 heavy (non-hydrogen) atoms. The van der Waals surface area contributed by atoms with Crippen LogP contribution >= 0.6 is 0 Å². The lowest BCUT2D eigenvalue weighted by atomic mass is 9.42. The highest BCUT2D eigenvalue weighted by Crippen LogP contribution is 2.74. The van der Waals surface area contributed by atoms with Crippen molar-refractivity contribution < 1.29 is 19.7 Å². The molecule has 8 unspecified atom stereocenters. The fraction of sp³-hybridized carbons (Fsp3) is 0.952. The molecule has 5 rings (SSSR count). The Labute approximate surface area is 150 Å². The summed E-state index contributed by atoms with van der Waals surface area (Å²) in [6.45, 7) is 4.75. The van der Waals surface area contributed by atoms with Crippen LogP contribution in [0.5, 0.6) is 0 Å². The van der Waals surface area contributed by atoms with Crippen LogP contribution in [-0.4, -0.2) is 39.9 Å². The Hall–Kier alpha value is -0.450. The van der Waals surface area contributed by atoms with Crippen molar-refractivity contribution in [2.75, 3.05) is 6.61 Å². The van der Waals surface area contributed by atoms with E-state index in [1.807, 2.05) is 0 Å². The van der Waals surface area contributed by atoms with Crippen LogP contribution in [0, 0.1) is 28.6 Å². The highest BCUT2D eigenvalue weighted by Gasteiger charge is 2.76. The van der Waals surface area contributed by atoms with E-state index in [1.165, 1.54) is 0 Å². The molecule has 1 spiro atoms. The van der Waals surface area contributed by atoms with E-state index in [1.54, 1.807) is 6.92 Å². The summed E-state index contributed by atoms with van der Waals surface area (Å²) < 4.78 is 6.68. The minimum absolute atomic E-state index is 0.0670. The average molecular weight is 348 g/mol. The first-order valence-electron chi connectivity index (χ1n) is 10.3. The zero-order valence-corrected chi connectivity index (χ0v) is 15.6. The highest BCUT2D eigenvalue weighted by atomic mass is 16.5. The van der Waals surface area contributed by atoms with Crippen LogP contribution in [0.4, 0.5) is 0 Å². The van der Waals surface area contributed by atoms with Crippen molar-refractivity contribution in [2.24, 2.45) is 28.6 Å². The molecule has 0 radical (unpaired) electrons. The van der Waals surface area contributed by atoms with Gasteiger partial charge in [-0.3, -0.25) is 4.79 Å². The first-order chi connectivity index (χ1) is 11.8. The molecule has 1 heterocycles. The lowest BCUT2D eigenvalue weighted by molar-refractivity contribution is -0.215. The maximum atomic E-state index is 12.3. The van der Waals surface area contributed by atoms with Crippen LogP contribution in [0.2, 0.25) is 0 Å². The van der Waals surface area contributed by atoms with E-state index in [4.69, 9.17) is 4.74 Å². The third kappa shape index (κ3) is 1.77. The summed E-state index contributed by atoms with van der Waals surface area (Å²) >= 11 is 0. The second-order valence-electron chi connectivity index (χ2n) is 10.2. The molecule has 4 aliphatic carbocycles. The number of ether oxygens (including phenoxy) is 1. The molecule has 0 amide bonds. The maximum Gasteiger partial charge on any atom is 0.133 e. The van der Waals surface area contributed by atoms with Crippen LogP contribution in [0.1, 0.15) is 71.6 Å². The second kappa shape index (κ2) is 4.88. The SMILES string of the molecule is CC(=O)C1CCC2C1(C)CCC1C23CCC2(O)CC(O)CCC12CO3. The van der Waals surface area contributed by atoms with Crippen molar-refractivity contribution in [2.45, 2.75) is 88.9 Å². The summed E-state index contributed by atoms with van der Waals surface area (Å²) in [5.41, 5.74) is -0.995. The summed E-state index contributed by atoms with van der Waals surface area (Å²) in [5, 5.41) is 21.7. The van der Waals surface area contributed by atoms with Crippen molar-refractivity contribution in [3.63, 3.8) is 0 Å². The number of rotatable bonds is 1. The maximum absolute atomic E-state index is 12.3. The molecule has 1 aliphatic heterocycles. The van der Waals surface area contributed by atoms with E-state index in [9.17, 15) is 15.0 Å². The highest BCUT2D eigenvalue weighted by molar-refractivity contribution is 5.79. The van der Waals surface area contributed by atoms with Crippen molar-refractivity contribution in [3.05, 3.63) is 0 Å². The zero-order valence-electron chi connectivity index (χ0n) is 15.6. The van der Waals surface area contributed by atoms with E-state index >= 15 is 0 Å². The standard InChI is InChI=1S/C21H32O4/c1-13(22)15-3-4-16-18(15,2)7-6-17-19-8-5-14(23)11-20(19,24)9-10-21(16,17)25-12-19/h14-17,23-24H,3-12H2,1-2H3. The van der Waals surface area contributed by atoms with E-state index in [0.717, 1.165) is 51.4 Å². The topological polar surface area (TPSA) is 66.8 Å². The summed E-state index contributed by atoms with van der Waals surface area (Å²) in [4.78, 5) is 12.3. The number of hydrogen-bond acceptors (Lipinski definition) is 4. The van der Waals surface area contributed by atoms with Gasteiger partial charge >= 0.3 is 0 Å². The molecule has 8 atom stereocenters. The predicted molar refractivity (Wildman–Crippen MR) is 92.9 cm³/mol. The van der Waals surface area contributed by atoms with Crippen LogP contribution < -0.4 is 0 Å². The molecule has 4 heteroatoms. The van der Waals surface area contributed by atoms with Gasteiger partial charge in [0.2, 0.25) is 0 Å². The first-order valence-corrected chi connectivity index (χ1v) is 10.3. The molecule has 140 valence electrons. The third-order valence-corrected chi connectivity index (χ3v) is 9.60. The quantitative estimate of drug-likeness (QED) is 0.765. The minimum atomic E-state index is -0.762. The number of Topliss-reactive ketones (excluding diaryl/α,β-unsaturated/α-hetero) is 1. The van der Waals surface area contributed by atoms with E-state index in [2.05, 4.69) is 6.92 Å². The van der Waals surface area contributed by atoms with Crippen LogP contribution in [0.15, 0.2) is 0 Å². The zero-order chi connectivity index (χ0) is 17.7. The third-order valence-electron chi connectivity index (χ3n) is 9.60. The molecule has 2 N–H and O–H groups in total. The van der Waals surface area contributed by atoms with Crippen LogP contribution in [0.3, 0.4) is 0 Å². The Morgan fingerprint density at radius 1 is 1.04 bits per heavy atom. The number of fused-ring (bicyclic) bond motifs is 1. The molecule has 5 fully saturated rings. The number of carbonyl (C=O) groups is 1. The monoisotopic (exact) mass is 348 g/mol. The number of hydrogen-bond donors (Lipinski definition) is 2. The van der Waals surface area contributed by atoms with E-state index in [-0.39, 0.29) is 28.5 Å². The van der Waals surface area contributed by atoms with Gasteiger partial charge in [-0.05, 0) is 75.5 Å². The Morgan fingerprint density at radius 2 is 1.84 bits per heavy atom. The summed E-state index contributed by atoms with van der Waals surface area (Å²) in [6.07, 6.45) is 7.71. The Morgan fingerprint density at radius 3 is 2.60 bits per heavy atom. The van der Waals surface area contributed by atoms with Crippen molar-refractivity contribution in [1.82, 2.24) is 0 Å². The molecule has 0 aromatic rings. The van der Waals surface area contributed by atoms with Gasteiger partial charge in [0.25, 0.3) is 0 Å². The fourth-order valence-corrected chi connectivity index (χ4v) is 8.54. The van der Waals surface area contributed by atoms with Crippen molar-refractivity contribution in [1.29, 1.82) is 0 Å². The number of aliphatic hydroxyl groups is 2. The van der Waals surface area contributed by atoms with Gasteiger partial charge in [0, 0.05) is 17.8 Å². The lowest BCUT2D eigenvalue weighted by Crippen LogP contribution is -2.66. The Kier molecular flexibility index (Phi) is 3.26. The van der Waals surface area contributed by atoms with Gasteiger partial charge in [0.1, 0.15) is 5.78 Å². The van der Waals surface area contributed by atoms with Gasteiger partial charge in [-0.15, -0.1) is 0 Å². The molecule has 5 aliphatic rings. The molecular formula is C21H32O4. The molecule has 4 saturated carbocycles.